The molecule has 3 atom stereocenters. The lowest BCUT2D eigenvalue weighted by atomic mass is 10.0. The van der Waals surface area contributed by atoms with E-state index in [2.05, 4.69) is 38.2 Å². The highest BCUT2D eigenvalue weighted by Crippen LogP contribution is 2.19. The minimum Gasteiger partial charge on any atom is -0.462 e. The zero-order chi connectivity index (χ0) is 45.9. The van der Waals surface area contributed by atoms with Gasteiger partial charge in [0.05, 0.1) is 25.2 Å². The van der Waals surface area contributed by atoms with Crippen LogP contribution in [0.15, 0.2) is 12.2 Å². The topological polar surface area (TPSA) is 95.9 Å². The second-order valence-electron chi connectivity index (χ2n) is 19.7. The number of esters is 1. The fourth-order valence-electron chi connectivity index (χ4n) is 9.02. The fraction of sp³-hybridized carbons (Fsp3) is 0.930. The van der Waals surface area contributed by atoms with Gasteiger partial charge in [-0.2, -0.15) is 0 Å². The van der Waals surface area contributed by atoms with E-state index in [1.54, 1.807) is 0 Å². The number of carbonyl (C=O) groups excluding carboxylic acids is 2. The number of amides is 1. The first-order valence-corrected chi connectivity index (χ1v) is 28.4. The summed E-state index contributed by atoms with van der Waals surface area (Å²) in [5.41, 5.74) is 0. The van der Waals surface area contributed by atoms with E-state index in [4.69, 9.17) is 4.74 Å². The summed E-state index contributed by atoms with van der Waals surface area (Å²) in [6.07, 6.45) is 58.4. The molecule has 0 aliphatic heterocycles. The maximum atomic E-state index is 13.2. The summed E-state index contributed by atoms with van der Waals surface area (Å²) < 4.78 is 5.96. The van der Waals surface area contributed by atoms with E-state index in [1.807, 2.05) is 0 Å². The summed E-state index contributed by atoms with van der Waals surface area (Å²) in [6, 6.07) is -0.698. The molecule has 0 saturated heterocycles. The van der Waals surface area contributed by atoms with Crippen LogP contribution in [0, 0.1) is 0 Å². The first-order valence-electron chi connectivity index (χ1n) is 28.4. The Morgan fingerprint density at radius 1 is 0.444 bits per heavy atom. The van der Waals surface area contributed by atoms with Crippen LogP contribution in [-0.2, 0) is 14.3 Å². The number of nitrogens with one attached hydrogen (secondary N) is 1. The molecule has 1 amide bonds. The second kappa shape index (κ2) is 51.6. The van der Waals surface area contributed by atoms with E-state index < -0.39 is 18.2 Å². The molecule has 0 spiro atoms. The number of aliphatic hydroxyl groups is 2. The zero-order valence-corrected chi connectivity index (χ0v) is 42.7. The van der Waals surface area contributed by atoms with E-state index in [9.17, 15) is 19.8 Å². The number of hydrogen-bond donors (Lipinski definition) is 3. The van der Waals surface area contributed by atoms with Gasteiger partial charge in [0.1, 0.15) is 6.10 Å². The Morgan fingerprint density at radius 3 is 1.13 bits per heavy atom. The predicted molar refractivity (Wildman–Crippen MR) is 273 cm³/mol. The molecule has 0 aliphatic rings. The number of rotatable bonds is 52. The molecular formula is C57H111NO5. The van der Waals surface area contributed by atoms with Crippen molar-refractivity contribution in [3.8, 4) is 0 Å². The van der Waals surface area contributed by atoms with Crippen LogP contribution in [0.5, 0.6) is 0 Å². The van der Waals surface area contributed by atoms with Crippen LogP contribution in [-0.4, -0.2) is 46.9 Å². The smallest absolute Gasteiger partial charge is 0.306 e. The molecule has 0 aliphatic carbocycles. The van der Waals surface area contributed by atoms with Crippen molar-refractivity contribution in [1.29, 1.82) is 0 Å². The summed E-state index contributed by atoms with van der Waals surface area (Å²) in [5, 5.41) is 23.8. The highest BCUT2D eigenvalue weighted by Gasteiger charge is 2.24. The predicted octanol–water partition coefficient (Wildman–Crippen LogP) is 17.3. The Kier molecular flexibility index (Phi) is 50.4. The quantitative estimate of drug-likeness (QED) is 0.0321. The Hall–Kier alpha value is -1.40. The van der Waals surface area contributed by atoms with Gasteiger partial charge >= 0.3 is 5.97 Å². The first-order chi connectivity index (χ1) is 31.0. The molecule has 374 valence electrons. The largest absolute Gasteiger partial charge is 0.462 e. The van der Waals surface area contributed by atoms with Crippen LogP contribution < -0.4 is 5.32 Å². The average molecular weight is 891 g/mol. The molecule has 0 saturated carbocycles. The third-order valence-corrected chi connectivity index (χ3v) is 13.3. The van der Waals surface area contributed by atoms with E-state index in [-0.39, 0.29) is 24.9 Å². The number of allylic oxidation sites excluding steroid dienone is 2. The van der Waals surface area contributed by atoms with Gasteiger partial charge in [-0.1, -0.05) is 264 Å². The lowest BCUT2D eigenvalue weighted by molar-refractivity contribution is -0.151. The molecule has 63 heavy (non-hydrogen) atoms. The average Bonchev–Trinajstić information content (AvgIpc) is 3.28. The molecule has 0 aromatic heterocycles. The van der Waals surface area contributed by atoms with E-state index in [0.717, 1.165) is 57.8 Å². The van der Waals surface area contributed by atoms with Gasteiger partial charge < -0.3 is 20.3 Å². The maximum absolute atomic E-state index is 13.2. The van der Waals surface area contributed by atoms with Crippen molar-refractivity contribution in [2.24, 2.45) is 0 Å². The Balaban J connectivity index is 4.53. The SMILES string of the molecule is CCCCCCCC/C=C/CCCCCCCC(CC(=O)NC(CO)C(O)CCCCCCCCCCCCCCC)OC(=O)CCCCCCCCCCCCCCCCCC. The summed E-state index contributed by atoms with van der Waals surface area (Å²) in [4.78, 5) is 26.2. The minimum atomic E-state index is -0.784. The third-order valence-electron chi connectivity index (χ3n) is 13.3. The van der Waals surface area contributed by atoms with Gasteiger partial charge in [-0.25, -0.2) is 0 Å². The van der Waals surface area contributed by atoms with Gasteiger partial charge in [0.15, 0.2) is 0 Å². The van der Waals surface area contributed by atoms with Gasteiger partial charge in [0, 0.05) is 6.42 Å². The molecule has 0 bridgehead atoms. The number of hydrogen-bond acceptors (Lipinski definition) is 5. The third kappa shape index (κ3) is 46.9. The molecule has 3 unspecified atom stereocenters. The van der Waals surface area contributed by atoms with E-state index in [0.29, 0.717) is 19.3 Å². The summed E-state index contributed by atoms with van der Waals surface area (Å²) in [6.45, 7) is 6.52. The van der Waals surface area contributed by atoms with Crippen LogP contribution in [0.2, 0.25) is 0 Å². The second-order valence-corrected chi connectivity index (χ2v) is 19.7. The van der Waals surface area contributed by atoms with Gasteiger partial charge in [0.25, 0.3) is 0 Å². The molecule has 0 heterocycles. The first kappa shape index (κ1) is 61.6. The Bertz CT molecular complexity index is 955. The van der Waals surface area contributed by atoms with Crippen molar-refractivity contribution in [2.45, 2.75) is 334 Å². The van der Waals surface area contributed by atoms with Crippen molar-refractivity contribution in [2.75, 3.05) is 6.61 Å². The van der Waals surface area contributed by atoms with Crippen molar-refractivity contribution in [1.82, 2.24) is 5.32 Å². The minimum absolute atomic E-state index is 0.0794. The monoisotopic (exact) mass is 890 g/mol. The standard InChI is InChI=1S/C57H111NO5/c1-4-7-10-13-16-19-22-25-27-29-32-35-38-41-44-47-50-57(62)63-53(48-45-42-39-36-33-31-28-26-23-20-17-14-11-8-5-2)51-56(61)58-54(52-59)55(60)49-46-43-40-37-34-30-24-21-18-15-12-9-6-3/h26,28,53-55,59-60H,4-25,27,29-52H2,1-3H3,(H,58,61)/b28-26+. The molecule has 6 nitrogen and oxygen atoms in total. The summed E-state index contributed by atoms with van der Waals surface area (Å²) in [7, 11) is 0. The molecule has 0 radical (unpaired) electrons. The van der Waals surface area contributed by atoms with Gasteiger partial charge in [-0.3, -0.25) is 9.59 Å². The lowest BCUT2D eigenvalue weighted by Gasteiger charge is -2.24. The van der Waals surface area contributed by atoms with Gasteiger partial charge in [-0.15, -0.1) is 0 Å². The highest BCUT2D eigenvalue weighted by atomic mass is 16.5. The van der Waals surface area contributed by atoms with Gasteiger partial charge in [-0.05, 0) is 51.4 Å². The molecule has 0 aromatic rings. The van der Waals surface area contributed by atoms with Crippen LogP contribution in [0.1, 0.15) is 316 Å². The van der Waals surface area contributed by atoms with Crippen LogP contribution in [0.25, 0.3) is 0 Å². The van der Waals surface area contributed by atoms with Crippen molar-refractivity contribution >= 4 is 11.9 Å². The van der Waals surface area contributed by atoms with Crippen molar-refractivity contribution in [3.05, 3.63) is 12.2 Å². The number of aliphatic hydroxyl groups excluding tert-OH is 2. The van der Waals surface area contributed by atoms with E-state index >= 15 is 0 Å². The molecule has 3 N–H and O–H groups in total. The fourth-order valence-corrected chi connectivity index (χ4v) is 9.02. The Labute approximate surface area is 393 Å². The number of carbonyl (C=O) groups is 2. The lowest BCUT2D eigenvalue weighted by Crippen LogP contribution is -2.46. The molecule has 0 rings (SSSR count). The van der Waals surface area contributed by atoms with Crippen LogP contribution >= 0.6 is 0 Å². The molecular weight excluding hydrogens is 779 g/mol. The molecule has 6 heteroatoms. The number of ether oxygens (including phenoxy) is 1. The normalized spacial score (nSPS) is 13.2. The van der Waals surface area contributed by atoms with Crippen LogP contribution in [0.4, 0.5) is 0 Å². The van der Waals surface area contributed by atoms with Crippen molar-refractivity contribution < 1.29 is 24.5 Å². The summed E-state index contributed by atoms with van der Waals surface area (Å²) in [5.74, 6) is -0.460. The van der Waals surface area contributed by atoms with Crippen LogP contribution in [0.3, 0.4) is 0 Å². The van der Waals surface area contributed by atoms with Crippen molar-refractivity contribution in [3.63, 3.8) is 0 Å². The number of unbranched alkanes of at least 4 members (excludes halogenated alkanes) is 38. The van der Waals surface area contributed by atoms with Gasteiger partial charge in [0.2, 0.25) is 5.91 Å². The molecule has 0 fully saturated rings. The maximum Gasteiger partial charge on any atom is 0.306 e. The van der Waals surface area contributed by atoms with E-state index in [1.165, 1.54) is 212 Å². The highest BCUT2D eigenvalue weighted by molar-refractivity contribution is 5.77. The Morgan fingerprint density at radius 2 is 0.762 bits per heavy atom. The molecule has 0 aromatic carbocycles. The zero-order valence-electron chi connectivity index (χ0n) is 42.7. The summed E-state index contributed by atoms with van der Waals surface area (Å²) >= 11 is 0.